The van der Waals surface area contributed by atoms with Crippen molar-refractivity contribution in [2.24, 2.45) is 0 Å². The Balaban J connectivity index is 1.61. The molecule has 10 heteroatoms. The van der Waals surface area contributed by atoms with Crippen LogP contribution in [0.15, 0.2) is 53.4 Å². The number of hydrogen-bond acceptors (Lipinski definition) is 6. The van der Waals surface area contributed by atoms with Gasteiger partial charge in [0.15, 0.2) is 0 Å². The monoisotopic (exact) mass is 420 g/mol. The lowest BCUT2D eigenvalue weighted by molar-refractivity contribution is -0.115. The lowest BCUT2D eigenvalue weighted by Gasteiger charge is -2.09. The Kier molecular flexibility index (Phi) is 6.00. The molecule has 2 N–H and O–H groups in total. The van der Waals surface area contributed by atoms with Crippen LogP contribution in [0.2, 0.25) is 0 Å². The van der Waals surface area contributed by atoms with E-state index in [4.69, 9.17) is 0 Å². The van der Waals surface area contributed by atoms with Gasteiger partial charge in [-0.1, -0.05) is 30.4 Å². The summed E-state index contributed by atoms with van der Waals surface area (Å²) in [5.74, 6) is -0.750. The molecule has 0 saturated heterocycles. The molecule has 0 radical (unpaired) electrons. The molecule has 0 unspecified atom stereocenters. The number of rotatable bonds is 7. The van der Waals surface area contributed by atoms with Gasteiger partial charge in [-0.3, -0.25) is 9.52 Å². The third-order valence-electron chi connectivity index (χ3n) is 3.71. The van der Waals surface area contributed by atoms with Gasteiger partial charge in [0.1, 0.15) is 10.8 Å². The smallest absolute Gasteiger partial charge is 0.261 e. The number of sulfonamides is 1. The second-order valence-corrected chi connectivity index (χ2v) is 8.58. The molecule has 3 aromatic rings. The zero-order chi connectivity index (χ0) is 20.1. The Morgan fingerprint density at radius 3 is 2.36 bits per heavy atom. The van der Waals surface area contributed by atoms with Crippen LogP contribution in [0, 0.1) is 5.82 Å². The van der Waals surface area contributed by atoms with Crippen LogP contribution in [0.3, 0.4) is 0 Å². The molecule has 28 heavy (non-hydrogen) atoms. The molecule has 0 bridgehead atoms. The fourth-order valence-corrected chi connectivity index (χ4v) is 4.07. The number of aromatic nitrogens is 2. The van der Waals surface area contributed by atoms with Crippen LogP contribution in [0.5, 0.6) is 0 Å². The van der Waals surface area contributed by atoms with E-state index in [-0.39, 0.29) is 17.2 Å². The van der Waals surface area contributed by atoms with Crippen LogP contribution in [0.1, 0.15) is 17.5 Å². The van der Waals surface area contributed by atoms with Crippen LogP contribution >= 0.6 is 11.3 Å². The first-order valence-electron chi connectivity index (χ1n) is 8.35. The maximum absolute atomic E-state index is 13.0. The lowest BCUT2D eigenvalue weighted by atomic mass is 10.1. The minimum absolute atomic E-state index is 0.0409. The minimum atomic E-state index is -3.82. The van der Waals surface area contributed by atoms with Crippen molar-refractivity contribution in [1.82, 2.24) is 10.2 Å². The average Bonchev–Trinajstić information content (AvgIpc) is 3.11. The fraction of sp³-hybridized carbons (Fsp3) is 0.167. The number of nitrogens with one attached hydrogen (secondary N) is 2. The summed E-state index contributed by atoms with van der Waals surface area (Å²) in [4.78, 5) is 12.1. The fourth-order valence-electron chi connectivity index (χ4n) is 2.31. The molecule has 3 rings (SSSR count). The lowest BCUT2D eigenvalue weighted by Crippen LogP contribution is -2.15. The predicted molar refractivity (Wildman–Crippen MR) is 105 cm³/mol. The van der Waals surface area contributed by atoms with Crippen LogP contribution < -0.4 is 10.0 Å². The van der Waals surface area contributed by atoms with Crippen LogP contribution in [-0.4, -0.2) is 24.5 Å². The molecule has 0 saturated carbocycles. The summed E-state index contributed by atoms with van der Waals surface area (Å²) in [5.41, 5.74) is 1.05. The molecule has 146 valence electrons. The standard InChI is InChI=1S/C18H17FN4O3S2/c1-2-17-21-22-18(27-17)20-16(24)11-12-3-7-14(8-4-12)23-28(25,26)15-9-5-13(19)6-10-15/h3-10,23H,2,11H2,1H3,(H,20,22,24). The third-order valence-corrected chi connectivity index (χ3v) is 6.09. The van der Waals surface area contributed by atoms with Crippen LogP contribution in [0.25, 0.3) is 0 Å². The molecule has 0 aliphatic heterocycles. The Hall–Kier alpha value is -2.85. The average molecular weight is 420 g/mol. The predicted octanol–water partition coefficient (Wildman–Crippen LogP) is 3.22. The molecular weight excluding hydrogens is 403 g/mol. The van der Waals surface area contributed by atoms with Gasteiger partial charge in [0.05, 0.1) is 11.3 Å². The number of hydrogen-bond donors (Lipinski definition) is 2. The Bertz CT molecular complexity index is 1060. The highest BCUT2D eigenvalue weighted by Gasteiger charge is 2.14. The molecule has 0 fully saturated rings. The summed E-state index contributed by atoms with van der Waals surface area (Å²) in [5, 5.41) is 11.8. The van der Waals surface area contributed by atoms with E-state index in [1.54, 1.807) is 24.3 Å². The largest absolute Gasteiger partial charge is 0.300 e. The van der Waals surface area contributed by atoms with E-state index < -0.39 is 15.8 Å². The van der Waals surface area contributed by atoms with Gasteiger partial charge in [0.2, 0.25) is 11.0 Å². The van der Waals surface area contributed by atoms with Gasteiger partial charge in [0, 0.05) is 5.69 Å². The highest BCUT2D eigenvalue weighted by Crippen LogP contribution is 2.18. The van der Waals surface area contributed by atoms with Crippen molar-refractivity contribution in [1.29, 1.82) is 0 Å². The van der Waals surface area contributed by atoms with E-state index in [9.17, 15) is 17.6 Å². The third kappa shape index (κ3) is 5.11. The summed E-state index contributed by atoms with van der Waals surface area (Å²) in [6, 6.07) is 11.0. The Labute approximate surface area is 165 Å². The number of halogens is 1. The van der Waals surface area contributed by atoms with Crippen LogP contribution in [0.4, 0.5) is 15.2 Å². The number of carbonyl (C=O) groups is 1. The van der Waals surface area contributed by atoms with Crippen LogP contribution in [-0.2, 0) is 27.7 Å². The molecule has 0 aliphatic carbocycles. The van der Waals surface area contributed by atoms with Gasteiger partial charge in [-0.2, -0.15) is 0 Å². The maximum atomic E-state index is 13.0. The van der Waals surface area contributed by atoms with Gasteiger partial charge in [-0.25, -0.2) is 12.8 Å². The second kappa shape index (κ2) is 8.44. The number of benzene rings is 2. The normalized spacial score (nSPS) is 11.2. The highest BCUT2D eigenvalue weighted by atomic mass is 32.2. The first-order valence-corrected chi connectivity index (χ1v) is 10.7. The molecule has 0 spiro atoms. The number of nitrogens with zero attached hydrogens (tertiary/aromatic N) is 2. The minimum Gasteiger partial charge on any atom is -0.300 e. The number of aryl methyl sites for hydroxylation is 1. The number of anilines is 2. The summed E-state index contributed by atoms with van der Waals surface area (Å²) in [6.45, 7) is 1.96. The Morgan fingerprint density at radius 2 is 1.75 bits per heavy atom. The van der Waals surface area contributed by atoms with Crippen molar-refractivity contribution in [3.63, 3.8) is 0 Å². The zero-order valence-electron chi connectivity index (χ0n) is 14.8. The molecule has 2 aromatic carbocycles. The van der Waals surface area contributed by atoms with Crippen molar-refractivity contribution in [2.45, 2.75) is 24.7 Å². The quantitative estimate of drug-likeness (QED) is 0.611. The summed E-state index contributed by atoms with van der Waals surface area (Å²) >= 11 is 1.32. The van der Waals surface area contributed by atoms with E-state index in [1.165, 1.54) is 23.5 Å². The molecule has 1 heterocycles. The number of carbonyl (C=O) groups excluding carboxylic acids is 1. The van der Waals surface area contributed by atoms with E-state index >= 15 is 0 Å². The van der Waals surface area contributed by atoms with E-state index in [2.05, 4.69) is 20.2 Å². The molecule has 0 atom stereocenters. The van der Waals surface area contributed by atoms with Crippen molar-refractivity contribution in [3.8, 4) is 0 Å². The topological polar surface area (TPSA) is 101 Å². The van der Waals surface area contributed by atoms with Gasteiger partial charge >= 0.3 is 0 Å². The van der Waals surface area contributed by atoms with E-state index in [0.29, 0.717) is 16.4 Å². The molecular formula is C18H17FN4O3S2. The molecule has 1 aromatic heterocycles. The summed E-state index contributed by atoms with van der Waals surface area (Å²) in [7, 11) is -3.82. The molecule has 7 nitrogen and oxygen atoms in total. The number of amides is 1. The van der Waals surface area contributed by atoms with E-state index in [0.717, 1.165) is 23.6 Å². The maximum Gasteiger partial charge on any atom is 0.261 e. The van der Waals surface area contributed by atoms with Crippen molar-refractivity contribution < 1.29 is 17.6 Å². The first-order chi connectivity index (χ1) is 13.4. The zero-order valence-corrected chi connectivity index (χ0v) is 16.5. The van der Waals surface area contributed by atoms with Crippen molar-refractivity contribution in [3.05, 3.63) is 64.9 Å². The van der Waals surface area contributed by atoms with Gasteiger partial charge in [0.25, 0.3) is 10.0 Å². The Morgan fingerprint density at radius 1 is 1.07 bits per heavy atom. The molecule has 1 amide bonds. The second-order valence-electron chi connectivity index (χ2n) is 5.84. The van der Waals surface area contributed by atoms with Crippen molar-refractivity contribution >= 4 is 38.1 Å². The van der Waals surface area contributed by atoms with Gasteiger partial charge in [-0.15, -0.1) is 10.2 Å². The van der Waals surface area contributed by atoms with Gasteiger partial charge in [-0.05, 0) is 48.4 Å². The summed E-state index contributed by atoms with van der Waals surface area (Å²) in [6.07, 6.45) is 0.870. The van der Waals surface area contributed by atoms with E-state index in [1.807, 2.05) is 6.92 Å². The van der Waals surface area contributed by atoms with Crippen molar-refractivity contribution in [2.75, 3.05) is 10.0 Å². The SMILES string of the molecule is CCc1nnc(NC(=O)Cc2ccc(NS(=O)(=O)c3ccc(F)cc3)cc2)s1. The molecule has 0 aliphatic rings. The summed E-state index contributed by atoms with van der Waals surface area (Å²) < 4.78 is 40.0. The van der Waals surface area contributed by atoms with Gasteiger partial charge < -0.3 is 5.32 Å². The first kappa shape index (κ1) is 19.9. The highest BCUT2D eigenvalue weighted by molar-refractivity contribution is 7.92.